The van der Waals surface area contributed by atoms with Gasteiger partial charge >= 0.3 is 0 Å². The predicted molar refractivity (Wildman–Crippen MR) is 202 cm³/mol. The summed E-state index contributed by atoms with van der Waals surface area (Å²) in [5.74, 6) is 8.38. The van der Waals surface area contributed by atoms with Crippen molar-refractivity contribution in [3.8, 4) is 56.4 Å². The van der Waals surface area contributed by atoms with Crippen molar-refractivity contribution in [3.63, 3.8) is 0 Å². The highest BCUT2D eigenvalue weighted by Gasteiger charge is 2.15. The summed E-state index contributed by atoms with van der Waals surface area (Å²) in [5, 5.41) is 3.96. The van der Waals surface area contributed by atoms with Gasteiger partial charge in [-0.05, 0) is 57.3 Å². The van der Waals surface area contributed by atoms with Gasteiger partial charge in [0.25, 0.3) is 0 Å². The number of benzene rings is 7. The number of aromatic nitrogens is 3. The minimum Gasteiger partial charge on any atom is -0.397 e. The number of para-hydroxylation sites is 2. The van der Waals surface area contributed by atoms with Crippen molar-refractivity contribution >= 4 is 27.8 Å². The Morgan fingerprint density at radius 1 is 0.388 bits per heavy atom. The lowest BCUT2D eigenvalue weighted by Gasteiger charge is -2.21. The average Bonchev–Trinajstić information content (AvgIpc) is 3.18. The van der Waals surface area contributed by atoms with E-state index in [2.05, 4.69) is 72.8 Å². The van der Waals surface area contributed by atoms with Crippen LogP contribution in [0.25, 0.3) is 67.2 Å². The largest absolute Gasteiger partial charge is 0.397 e. The van der Waals surface area contributed by atoms with Gasteiger partial charge in [-0.3, -0.25) is 5.01 Å². The maximum absolute atomic E-state index is 6.47. The zero-order chi connectivity index (χ0) is 33.2. The molecule has 0 saturated heterocycles. The first-order valence-electron chi connectivity index (χ1n) is 16.1. The summed E-state index contributed by atoms with van der Waals surface area (Å²) in [4.78, 5) is 14.6. The van der Waals surface area contributed by atoms with Crippen molar-refractivity contribution in [2.45, 2.75) is 0 Å². The van der Waals surface area contributed by atoms with E-state index in [1.165, 1.54) is 5.39 Å². The zero-order valence-electron chi connectivity index (χ0n) is 26.6. The van der Waals surface area contributed by atoms with Crippen molar-refractivity contribution in [1.29, 1.82) is 0 Å². The van der Waals surface area contributed by atoms with Crippen molar-refractivity contribution in [2.75, 3.05) is 10.7 Å². The lowest BCUT2D eigenvalue weighted by atomic mass is 9.91. The van der Waals surface area contributed by atoms with E-state index in [4.69, 9.17) is 26.5 Å². The monoisotopic (exact) mass is 632 g/mol. The number of hydrogen-bond donors (Lipinski definition) is 2. The normalized spacial score (nSPS) is 11.0. The van der Waals surface area contributed by atoms with E-state index in [9.17, 15) is 0 Å². The molecule has 6 nitrogen and oxygen atoms in total. The molecule has 4 N–H and O–H groups in total. The molecule has 0 fully saturated rings. The first-order chi connectivity index (χ1) is 24.1. The summed E-state index contributed by atoms with van der Waals surface area (Å²) in [6.45, 7) is 0. The van der Waals surface area contributed by atoms with Crippen molar-refractivity contribution in [3.05, 3.63) is 170 Å². The number of rotatable bonds is 7. The van der Waals surface area contributed by atoms with Crippen LogP contribution >= 0.6 is 0 Å². The highest BCUT2D eigenvalue weighted by molar-refractivity contribution is 6.06. The fraction of sp³-hybridized carbons (Fsp3) is 0. The molecule has 8 aromatic rings. The van der Waals surface area contributed by atoms with Crippen LogP contribution in [0.2, 0.25) is 0 Å². The van der Waals surface area contributed by atoms with Crippen LogP contribution in [0.1, 0.15) is 0 Å². The Hall–Kier alpha value is -6.63. The van der Waals surface area contributed by atoms with Crippen molar-refractivity contribution in [1.82, 2.24) is 15.0 Å². The molecular formula is C43H32N6. The van der Waals surface area contributed by atoms with Crippen LogP contribution in [-0.2, 0) is 0 Å². The summed E-state index contributed by atoms with van der Waals surface area (Å²) in [6.07, 6.45) is 0. The molecule has 0 unspecified atom stereocenters. The molecular weight excluding hydrogens is 601 g/mol. The van der Waals surface area contributed by atoms with Gasteiger partial charge in [0.15, 0.2) is 17.5 Å². The Kier molecular flexibility index (Phi) is 7.82. The predicted octanol–water partition coefficient (Wildman–Crippen LogP) is 9.95. The van der Waals surface area contributed by atoms with E-state index in [0.29, 0.717) is 23.2 Å². The third-order valence-corrected chi connectivity index (χ3v) is 8.71. The van der Waals surface area contributed by atoms with E-state index >= 15 is 0 Å². The summed E-state index contributed by atoms with van der Waals surface area (Å²) in [5.41, 5.74) is 15.7. The van der Waals surface area contributed by atoms with E-state index in [1.54, 1.807) is 5.01 Å². The number of nitrogens with zero attached hydrogens (tertiary/aromatic N) is 4. The first kappa shape index (κ1) is 29.8. The van der Waals surface area contributed by atoms with Gasteiger partial charge in [0.2, 0.25) is 0 Å². The van der Waals surface area contributed by atoms with Gasteiger partial charge in [-0.15, -0.1) is 0 Å². The Morgan fingerprint density at radius 2 is 0.816 bits per heavy atom. The standard InChI is InChI=1S/C43H32N6/c44-38-19-7-8-20-39(38)49(45)35-27-25-30(26-28-35)37-18-10-16-31-15-9-17-36(40(31)37)29-21-23-34(24-22-29)43-47-41(32-11-3-1-4-12-32)46-42(48-43)33-13-5-2-6-14-33/h1-28H,44-45H2. The minimum atomic E-state index is 0.627. The summed E-state index contributed by atoms with van der Waals surface area (Å²) < 4.78 is 0. The van der Waals surface area contributed by atoms with Crippen LogP contribution in [0.3, 0.4) is 0 Å². The molecule has 7 aromatic carbocycles. The summed E-state index contributed by atoms with van der Waals surface area (Å²) >= 11 is 0. The Balaban J connectivity index is 1.17. The van der Waals surface area contributed by atoms with E-state index in [1.807, 2.05) is 97.1 Å². The molecule has 8 rings (SSSR count). The second-order valence-electron chi connectivity index (χ2n) is 11.8. The second kappa shape index (κ2) is 12.9. The number of fused-ring (bicyclic) bond motifs is 1. The Morgan fingerprint density at radius 3 is 1.33 bits per heavy atom. The van der Waals surface area contributed by atoms with Crippen molar-refractivity contribution < 1.29 is 0 Å². The summed E-state index contributed by atoms with van der Waals surface area (Å²) in [7, 11) is 0. The van der Waals surface area contributed by atoms with Crippen molar-refractivity contribution in [2.24, 2.45) is 5.84 Å². The Bertz CT molecular complexity index is 2330. The number of hydrazine groups is 1. The fourth-order valence-electron chi connectivity index (χ4n) is 6.21. The number of anilines is 3. The lowest BCUT2D eigenvalue weighted by molar-refractivity contribution is 1.07. The fourth-order valence-corrected chi connectivity index (χ4v) is 6.21. The van der Waals surface area contributed by atoms with Gasteiger partial charge in [-0.1, -0.05) is 146 Å². The molecule has 1 heterocycles. The quantitative estimate of drug-likeness (QED) is 0.103. The summed E-state index contributed by atoms with van der Waals surface area (Å²) in [6, 6.07) is 57.3. The lowest BCUT2D eigenvalue weighted by Crippen LogP contribution is -2.25. The Labute approximate surface area is 285 Å². The van der Waals surface area contributed by atoms with Gasteiger partial charge in [0.1, 0.15) is 0 Å². The molecule has 0 radical (unpaired) electrons. The molecule has 49 heavy (non-hydrogen) atoms. The van der Waals surface area contributed by atoms with Crippen LogP contribution in [0, 0.1) is 0 Å². The van der Waals surface area contributed by atoms with Gasteiger partial charge in [-0.25, -0.2) is 20.8 Å². The maximum Gasteiger partial charge on any atom is 0.164 e. The van der Waals surface area contributed by atoms with Gasteiger partial charge < -0.3 is 5.73 Å². The zero-order valence-corrected chi connectivity index (χ0v) is 26.6. The van der Waals surface area contributed by atoms with Gasteiger partial charge in [0, 0.05) is 16.7 Å². The molecule has 0 aliphatic heterocycles. The SMILES string of the molecule is Nc1ccccc1N(N)c1ccc(-c2cccc3cccc(-c4ccc(-c5nc(-c6ccccc6)nc(-c6ccccc6)n5)cc4)c23)cc1. The van der Waals surface area contributed by atoms with E-state index < -0.39 is 0 Å². The minimum absolute atomic E-state index is 0.627. The number of nitrogen functional groups attached to an aromatic ring is 1. The topological polar surface area (TPSA) is 94.0 Å². The first-order valence-corrected chi connectivity index (χ1v) is 16.1. The molecule has 0 aliphatic rings. The second-order valence-corrected chi connectivity index (χ2v) is 11.8. The molecule has 0 bridgehead atoms. The number of nitrogens with two attached hydrogens (primary N) is 2. The highest BCUT2D eigenvalue weighted by atomic mass is 15.4. The van der Waals surface area contributed by atoms with Crippen LogP contribution in [0.5, 0.6) is 0 Å². The molecule has 234 valence electrons. The van der Waals surface area contributed by atoms with E-state index in [0.717, 1.165) is 55.7 Å². The van der Waals surface area contributed by atoms with Crippen LogP contribution in [-0.4, -0.2) is 15.0 Å². The molecule has 0 atom stereocenters. The third kappa shape index (κ3) is 5.89. The molecule has 0 aliphatic carbocycles. The van der Waals surface area contributed by atoms with Crippen LogP contribution in [0.4, 0.5) is 17.1 Å². The van der Waals surface area contributed by atoms with Crippen LogP contribution in [0.15, 0.2) is 170 Å². The van der Waals surface area contributed by atoms with Crippen LogP contribution < -0.4 is 16.6 Å². The van der Waals surface area contributed by atoms with Gasteiger partial charge in [-0.2, -0.15) is 0 Å². The third-order valence-electron chi connectivity index (χ3n) is 8.71. The molecule has 0 spiro atoms. The smallest absolute Gasteiger partial charge is 0.164 e. The maximum atomic E-state index is 6.47. The molecule has 0 amide bonds. The van der Waals surface area contributed by atoms with Gasteiger partial charge in [0.05, 0.1) is 17.1 Å². The molecule has 0 saturated carbocycles. The molecule has 1 aromatic heterocycles. The average molecular weight is 633 g/mol. The molecule has 6 heteroatoms. The highest BCUT2D eigenvalue weighted by Crippen LogP contribution is 2.38. The van der Waals surface area contributed by atoms with E-state index in [-0.39, 0.29) is 0 Å². The number of hydrogen-bond acceptors (Lipinski definition) is 6.